The summed E-state index contributed by atoms with van der Waals surface area (Å²) < 4.78 is 5.65. The Morgan fingerprint density at radius 2 is 2.10 bits per heavy atom. The molecule has 1 aliphatic rings. The van der Waals surface area contributed by atoms with E-state index in [1.165, 1.54) is 11.3 Å². The van der Waals surface area contributed by atoms with Crippen molar-refractivity contribution in [3.05, 3.63) is 40.4 Å². The smallest absolute Gasteiger partial charge is 0.266 e. The maximum absolute atomic E-state index is 12.1. The van der Waals surface area contributed by atoms with Crippen molar-refractivity contribution in [1.29, 1.82) is 0 Å². The second kappa shape index (κ2) is 5.85. The van der Waals surface area contributed by atoms with Gasteiger partial charge in [-0.3, -0.25) is 10.1 Å². The van der Waals surface area contributed by atoms with Gasteiger partial charge in [-0.25, -0.2) is 4.98 Å². The van der Waals surface area contributed by atoms with Crippen LogP contribution in [0.25, 0.3) is 0 Å². The Bertz CT molecular complexity index is 627. The highest BCUT2D eigenvalue weighted by Crippen LogP contribution is 2.30. The Morgan fingerprint density at radius 3 is 2.81 bits per heavy atom. The number of hydrogen-bond acceptors (Lipinski definition) is 4. The van der Waals surface area contributed by atoms with Crippen molar-refractivity contribution in [3.63, 3.8) is 0 Å². The van der Waals surface area contributed by atoms with Crippen molar-refractivity contribution in [2.45, 2.75) is 39.2 Å². The number of hydrogen-bond donors (Lipinski definition) is 1. The van der Waals surface area contributed by atoms with E-state index in [0.717, 1.165) is 24.1 Å². The molecule has 0 bridgehead atoms. The van der Waals surface area contributed by atoms with Crippen molar-refractivity contribution in [2.75, 3.05) is 5.32 Å². The fourth-order valence-electron chi connectivity index (χ4n) is 2.33. The summed E-state index contributed by atoms with van der Waals surface area (Å²) in [7, 11) is 0. The van der Waals surface area contributed by atoms with Crippen LogP contribution >= 0.6 is 11.3 Å². The number of benzene rings is 1. The molecule has 21 heavy (non-hydrogen) atoms. The predicted octanol–water partition coefficient (Wildman–Crippen LogP) is 3.35. The predicted molar refractivity (Wildman–Crippen MR) is 84.0 cm³/mol. The quantitative estimate of drug-likeness (QED) is 0.942. The van der Waals surface area contributed by atoms with Crippen molar-refractivity contribution < 1.29 is 9.53 Å². The normalized spacial score (nSPS) is 14.6. The van der Waals surface area contributed by atoms with Gasteiger partial charge in [0.25, 0.3) is 5.91 Å². The minimum Gasteiger partial charge on any atom is -0.481 e. The second-order valence-electron chi connectivity index (χ2n) is 5.30. The summed E-state index contributed by atoms with van der Waals surface area (Å²) in [5.41, 5.74) is 2.30. The number of rotatable bonds is 4. The molecule has 1 atom stereocenters. The van der Waals surface area contributed by atoms with Gasteiger partial charge in [0.05, 0.1) is 5.69 Å². The fraction of sp³-hybridized carbons (Fsp3) is 0.375. The Balaban J connectivity index is 1.60. The summed E-state index contributed by atoms with van der Waals surface area (Å²) in [6.45, 7) is 3.76. The van der Waals surface area contributed by atoms with Gasteiger partial charge in [-0.15, -0.1) is 11.3 Å². The minimum atomic E-state index is -0.550. The molecule has 5 heteroatoms. The van der Waals surface area contributed by atoms with Gasteiger partial charge in [0.1, 0.15) is 5.75 Å². The number of ether oxygens (including phenoxy) is 1. The molecule has 1 aliphatic carbocycles. The topological polar surface area (TPSA) is 51.2 Å². The van der Waals surface area contributed by atoms with Crippen LogP contribution < -0.4 is 10.1 Å². The van der Waals surface area contributed by atoms with Crippen molar-refractivity contribution in [2.24, 2.45) is 0 Å². The maximum atomic E-state index is 12.1. The molecule has 1 heterocycles. The maximum Gasteiger partial charge on any atom is 0.266 e. The van der Waals surface area contributed by atoms with E-state index >= 15 is 0 Å². The standard InChI is InChI=1S/C16H18N2O2S/c1-10-6-8-12(9-7-10)20-11(2)15(19)18-16-17-13-4-3-5-14(13)21-16/h6-9,11H,3-5H2,1-2H3,(H,17,18,19). The number of aryl methyl sites for hydroxylation is 3. The highest BCUT2D eigenvalue weighted by Gasteiger charge is 2.20. The summed E-state index contributed by atoms with van der Waals surface area (Å²) >= 11 is 1.58. The molecule has 1 N–H and O–H groups in total. The van der Waals surface area contributed by atoms with Gasteiger partial charge in [0.2, 0.25) is 0 Å². The Hall–Kier alpha value is -1.88. The second-order valence-corrected chi connectivity index (χ2v) is 6.39. The highest BCUT2D eigenvalue weighted by molar-refractivity contribution is 7.15. The third-order valence-corrected chi connectivity index (χ3v) is 4.60. The minimum absolute atomic E-state index is 0.164. The zero-order valence-corrected chi connectivity index (χ0v) is 13.0. The average Bonchev–Trinajstić information content (AvgIpc) is 3.02. The van der Waals surface area contributed by atoms with E-state index in [0.29, 0.717) is 10.9 Å². The SMILES string of the molecule is Cc1ccc(OC(C)C(=O)Nc2nc3c(s2)CCC3)cc1. The number of thiazole rings is 1. The zero-order chi connectivity index (χ0) is 14.8. The molecule has 0 saturated heterocycles. The van der Waals surface area contributed by atoms with Crippen LogP contribution in [0.1, 0.15) is 29.5 Å². The molecule has 0 radical (unpaired) electrons. The lowest BCUT2D eigenvalue weighted by molar-refractivity contribution is -0.122. The van der Waals surface area contributed by atoms with Crippen LogP contribution in [-0.4, -0.2) is 17.0 Å². The number of nitrogens with zero attached hydrogens (tertiary/aromatic N) is 1. The van der Waals surface area contributed by atoms with E-state index in [1.807, 2.05) is 31.2 Å². The molecule has 1 aromatic heterocycles. The van der Waals surface area contributed by atoms with Crippen molar-refractivity contribution in [1.82, 2.24) is 4.98 Å². The first kappa shape index (κ1) is 14.1. The highest BCUT2D eigenvalue weighted by atomic mass is 32.1. The van der Waals surface area contributed by atoms with E-state index < -0.39 is 6.10 Å². The van der Waals surface area contributed by atoms with Crippen molar-refractivity contribution >= 4 is 22.4 Å². The molecule has 1 aromatic carbocycles. The van der Waals surface area contributed by atoms with E-state index in [-0.39, 0.29) is 5.91 Å². The summed E-state index contributed by atoms with van der Waals surface area (Å²) in [6.07, 6.45) is 2.73. The zero-order valence-electron chi connectivity index (χ0n) is 12.2. The molecule has 4 nitrogen and oxygen atoms in total. The van der Waals surface area contributed by atoms with Gasteiger partial charge in [0.15, 0.2) is 11.2 Å². The third kappa shape index (κ3) is 3.24. The number of aromatic nitrogens is 1. The summed E-state index contributed by atoms with van der Waals surface area (Å²) in [6, 6.07) is 7.67. The molecule has 110 valence electrons. The van der Waals surface area contributed by atoms with E-state index in [9.17, 15) is 4.79 Å². The molecule has 0 saturated carbocycles. The fourth-order valence-corrected chi connectivity index (χ4v) is 3.38. The van der Waals surface area contributed by atoms with E-state index in [4.69, 9.17) is 4.74 Å². The lowest BCUT2D eigenvalue weighted by Crippen LogP contribution is -2.30. The molecular formula is C16H18N2O2S. The molecule has 3 rings (SSSR count). The van der Waals surface area contributed by atoms with Crippen LogP contribution in [0.15, 0.2) is 24.3 Å². The number of carbonyl (C=O) groups excluding carboxylic acids is 1. The number of nitrogens with one attached hydrogen (secondary N) is 1. The molecule has 2 aromatic rings. The monoisotopic (exact) mass is 302 g/mol. The van der Waals surface area contributed by atoms with E-state index in [2.05, 4.69) is 10.3 Å². The molecular weight excluding hydrogens is 284 g/mol. The van der Waals surface area contributed by atoms with Crippen LogP contribution in [0, 0.1) is 6.92 Å². The Labute approximate surface area is 128 Å². The molecule has 1 amide bonds. The molecule has 1 unspecified atom stereocenters. The summed E-state index contributed by atoms with van der Waals surface area (Å²) in [5, 5.41) is 3.53. The first-order valence-corrected chi connectivity index (χ1v) is 7.96. The largest absolute Gasteiger partial charge is 0.481 e. The Kier molecular flexibility index (Phi) is 3.92. The molecule has 0 spiro atoms. The summed E-state index contributed by atoms with van der Waals surface area (Å²) in [4.78, 5) is 17.9. The first-order valence-electron chi connectivity index (χ1n) is 7.14. The van der Waals surface area contributed by atoms with Gasteiger partial charge in [-0.1, -0.05) is 17.7 Å². The van der Waals surface area contributed by atoms with Crippen LogP contribution in [0.4, 0.5) is 5.13 Å². The van der Waals surface area contributed by atoms with Gasteiger partial charge in [-0.05, 0) is 45.2 Å². The third-order valence-electron chi connectivity index (χ3n) is 3.53. The number of anilines is 1. The van der Waals surface area contributed by atoms with Gasteiger partial charge in [-0.2, -0.15) is 0 Å². The Morgan fingerprint density at radius 1 is 1.33 bits per heavy atom. The molecule has 0 aliphatic heterocycles. The average molecular weight is 302 g/mol. The van der Waals surface area contributed by atoms with Crippen LogP contribution in [0.3, 0.4) is 0 Å². The first-order chi connectivity index (χ1) is 10.1. The van der Waals surface area contributed by atoms with E-state index in [1.54, 1.807) is 18.3 Å². The lowest BCUT2D eigenvalue weighted by Gasteiger charge is -2.13. The number of amides is 1. The van der Waals surface area contributed by atoms with Crippen molar-refractivity contribution in [3.8, 4) is 5.75 Å². The number of fused-ring (bicyclic) bond motifs is 1. The van der Waals surface area contributed by atoms with Crippen LogP contribution in [0.2, 0.25) is 0 Å². The molecule has 0 fully saturated rings. The van der Waals surface area contributed by atoms with Crippen LogP contribution in [0.5, 0.6) is 5.75 Å². The van der Waals surface area contributed by atoms with Gasteiger partial charge < -0.3 is 4.74 Å². The number of carbonyl (C=O) groups is 1. The van der Waals surface area contributed by atoms with Gasteiger partial charge in [0, 0.05) is 4.88 Å². The van der Waals surface area contributed by atoms with Gasteiger partial charge >= 0.3 is 0 Å². The summed E-state index contributed by atoms with van der Waals surface area (Å²) in [5.74, 6) is 0.535. The lowest BCUT2D eigenvalue weighted by atomic mass is 10.2. The van der Waals surface area contributed by atoms with Crippen LogP contribution in [-0.2, 0) is 17.6 Å².